The minimum absolute atomic E-state index is 0.00875. The van der Waals surface area contributed by atoms with E-state index in [1.54, 1.807) is 29.9 Å². The van der Waals surface area contributed by atoms with Gasteiger partial charge in [0.1, 0.15) is 16.9 Å². The largest absolute Gasteiger partial charge is 0.467 e. The van der Waals surface area contributed by atoms with E-state index in [1.165, 1.54) is 17.4 Å². The standard InChI is InChI=1S/C21H29N3O4/c1-14(2)10-23(5)21(27)18-13-24(11-15(3)4)12-17(19(18)25)20(26)22-9-16-7-6-8-28-16/h6-8,12-15H,9-11H2,1-5H3,(H,22,26). The summed E-state index contributed by atoms with van der Waals surface area (Å²) >= 11 is 0. The van der Waals surface area contributed by atoms with E-state index in [1.807, 2.05) is 27.7 Å². The number of hydrogen-bond donors (Lipinski definition) is 1. The van der Waals surface area contributed by atoms with E-state index in [2.05, 4.69) is 5.32 Å². The van der Waals surface area contributed by atoms with E-state index in [4.69, 9.17) is 4.42 Å². The van der Waals surface area contributed by atoms with Crippen LogP contribution in [0.3, 0.4) is 0 Å². The lowest BCUT2D eigenvalue weighted by Gasteiger charge is -2.20. The van der Waals surface area contributed by atoms with Crippen LogP contribution in [0.1, 0.15) is 54.2 Å². The molecule has 2 aromatic heterocycles. The molecule has 28 heavy (non-hydrogen) atoms. The zero-order valence-electron chi connectivity index (χ0n) is 17.2. The first-order valence-electron chi connectivity index (χ1n) is 9.49. The molecule has 0 bridgehead atoms. The maximum Gasteiger partial charge on any atom is 0.259 e. The Balaban J connectivity index is 2.36. The zero-order valence-corrected chi connectivity index (χ0v) is 17.2. The number of pyridine rings is 1. The SMILES string of the molecule is CC(C)CN(C)C(=O)c1cn(CC(C)C)cc(C(=O)NCc2ccco2)c1=O. The molecule has 0 aromatic carbocycles. The van der Waals surface area contributed by atoms with Crippen molar-refractivity contribution in [1.82, 2.24) is 14.8 Å². The Morgan fingerprint density at radius 2 is 1.82 bits per heavy atom. The molecule has 1 N–H and O–H groups in total. The van der Waals surface area contributed by atoms with E-state index >= 15 is 0 Å². The number of furan rings is 1. The van der Waals surface area contributed by atoms with E-state index < -0.39 is 11.3 Å². The van der Waals surface area contributed by atoms with Gasteiger partial charge in [0.05, 0.1) is 12.8 Å². The van der Waals surface area contributed by atoms with Gasteiger partial charge in [-0.2, -0.15) is 0 Å². The van der Waals surface area contributed by atoms with Gasteiger partial charge in [-0.1, -0.05) is 27.7 Å². The summed E-state index contributed by atoms with van der Waals surface area (Å²) < 4.78 is 6.94. The molecule has 0 atom stereocenters. The monoisotopic (exact) mass is 387 g/mol. The highest BCUT2D eigenvalue weighted by Gasteiger charge is 2.22. The number of rotatable bonds is 8. The fraction of sp³-hybridized carbons (Fsp3) is 0.476. The number of aromatic nitrogens is 1. The van der Waals surface area contributed by atoms with Crippen molar-refractivity contribution in [2.45, 2.75) is 40.8 Å². The van der Waals surface area contributed by atoms with Crippen molar-refractivity contribution in [2.24, 2.45) is 11.8 Å². The van der Waals surface area contributed by atoms with Gasteiger partial charge in [0, 0.05) is 32.5 Å². The van der Waals surface area contributed by atoms with Crippen LogP contribution >= 0.6 is 0 Å². The first-order chi connectivity index (χ1) is 13.2. The van der Waals surface area contributed by atoms with Gasteiger partial charge in [0.25, 0.3) is 11.8 Å². The second-order valence-electron chi connectivity index (χ2n) is 7.85. The number of carbonyl (C=O) groups is 2. The molecule has 0 radical (unpaired) electrons. The fourth-order valence-corrected chi connectivity index (χ4v) is 2.98. The highest BCUT2D eigenvalue weighted by atomic mass is 16.3. The van der Waals surface area contributed by atoms with Crippen LogP contribution in [-0.4, -0.2) is 34.9 Å². The first kappa shape index (κ1) is 21.5. The number of nitrogens with zero attached hydrogens (tertiary/aromatic N) is 2. The molecule has 0 aliphatic carbocycles. The van der Waals surface area contributed by atoms with Crippen LogP contribution in [-0.2, 0) is 13.1 Å². The summed E-state index contributed by atoms with van der Waals surface area (Å²) in [5.41, 5.74) is -0.594. The first-order valence-corrected chi connectivity index (χ1v) is 9.49. The predicted octanol–water partition coefficient (Wildman–Crippen LogP) is 2.76. The molecule has 0 saturated carbocycles. The van der Waals surface area contributed by atoms with Crippen molar-refractivity contribution in [3.63, 3.8) is 0 Å². The predicted molar refractivity (Wildman–Crippen MR) is 107 cm³/mol. The molecular formula is C21H29N3O4. The Bertz CT molecular complexity index is 866. The molecule has 2 rings (SSSR count). The number of amides is 2. The molecule has 0 saturated heterocycles. The van der Waals surface area contributed by atoms with Gasteiger partial charge in [-0.3, -0.25) is 14.4 Å². The lowest BCUT2D eigenvalue weighted by molar-refractivity contribution is 0.0776. The van der Waals surface area contributed by atoms with Crippen molar-refractivity contribution < 1.29 is 14.0 Å². The van der Waals surface area contributed by atoms with E-state index in [0.29, 0.717) is 18.8 Å². The Morgan fingerprint density at radius 1 is 1.14 bits per heavy atom. The van der Waals surface area contributed by atoms with Gasteiger partial charge >= 0.3 is 0 Å². The topological polar surface area (TPSA) is 84.6 Å². The average Bonchev–Trinajstić information content (AvgIpc) is 3.12. The smallest absolute Gasteiger partial charge is 0.259 e. The summed E-state index contributed by atoms with van der Waals surface area (Å²) in [4.78, 5) is 39.9. The number of hydrogen-bond acceptors (Lipinski definition) is 4. The number of nitrogens with one attached hydrogen (secondary N) is 1. The van der Waals surface area contributed by atoms with Crippen molar-refractivity contribution in [1.29, 1.82) is 0 Å². The second kappa shape index (κ2) is 9.39. The Hall–Kier alpha value is -2.83. The summed E-state index contributed by atoms with van der Waals surface area (Å²) in [6.07, 6.45) is 4.57. The lowest BCUT2D eigenvalue weighted by Crippen LogP contribution is -2.37. The molecule has 152 valence electrons. The molecule has 0 aliphatic heterocycles. The highest BCUT2D eigenvalue weighted by molar-refractivity contribution is 5.99. The summed E-state index contributed by atoms with van der Waals surface area (Å²) in [6.45, 7) is 9.34. The minimum atomic E-state index is -0.558. The van der Waals surface area contributed by atoms with Crippen molar-refractivity contribution >= 4 is 11.8 Å². The van der Waals surface area contributed by atoms with Gasteiger partial charge < -0.3 is 19.2 Å². The van der Waals surface area contributed by atoms with Crippen LogP contribution < -0.4 is 10.7 Å². The van der Waals surface area contributed by atoms with Crippen molar-refractivity contribution in [3.05, 3.63) is 57.9 Å². The van der Waals surface area contributed by atoms with Crippen LogP contribution in [0, 0.1) is 11.8 Å². The molecule has 0 aliphatic rings. The van der Waals surface area contributed by atoms with Gasteiger partial charge in [-0.15, -0.1) is 0 Å². The third kappa shape index (κ3) is 5.58. The summed E-state index contributed by atoms with van der Waals surface area (Å²) in [5, 5.41) is 2.68. The van der Waals surface area contributed by atoms with E-state index in [-0.39, 0.29) is 35.4 Å². The van der Waals surface area contributed by atoms with Gasteiger partial charge in [-0.25, -0.2) is 0 Å². The molecule has 2 amide bonds. The summed E-state index contributed by atoms with van der Waals surface area (Å²) in [5.74, 6) is 0.237. The normalized spacial score (nSPS) is 11.1. The molecule has 0 spiro atoms. The lowest BCUT2D eigenvalue weighted by atomic mass is 10.1. The van der Waals surface area contributed by atoms with Crippen molar-refractivity contribution in [3.8, 4) is 0 Å². The molecule has 7 nitrogen and oxygen atoms in total. The maximum atomic E-state index is 12.9. The number of carbonyl (C=O) groups excluding carboxylic acids is 2. The van der Waals surface area contributed by atoms with Crippen LogP contribution in [0.5, 0.6) is 0 Å². The fourth-order valence-electron chi connectivity index (χ4n) is 2.98. The average molecular weight is 387 g/mol. The quantitative estimate of drug-likeness (QED) is 0.755. The molecule has 7 heteroatoms. The Labute approximate surface area is 165 Å². The molecule has 2 heterocycles. The van der Waals surface area contributed by atoms with Crippen LogP contribution in [0.2, 0.25) is 0 Å². The molecule has 0 unspecified atom stereocenters. The third-order valence-electron chi connectivity index (χ3n) is 4.12. The van der Waals surface area contributed by atoms with E-state index in [0.717, 1.165) is 0 Å². The highest BCUT2D eigenvalue weighted by Crippen LogP contribution is 2.08. The van der Waals surface area contributed by atoms with E-state index in [9.17, 15) is 14.4 Å². The Kier molecular flexibility index (Phi) is 7.20. The zero-order chi connectivity index (χ0) is 20.8. The Morgan fingerprint density at radius 3 is 2.39 bits per heavy atom. The summed E-state index contributed by atoms with van der Waals surface area (Å²) in [6, 6.07) is 3.46. The maximum absolute atomic E-state index is 12.9. The van der Waals surface area contributed by atoms with Gasteiger partial charge in [-0.05, 0) is 24.0 Å². The molecular weight excluding hydrogens is 358 g/mol. The van der Waals surface area contributed by atoms with Crippen molar-refractivity contribution in [2.75, 3.05) is 13.6 Å². The summed E-state index contributed by atoms with van der Waals surface area (Å²) in [7, 11) is 1.66. The van der Waals surface area contributed by atoms with Gasteiger partial charge in [0.2, 0.25) is 5.43 Å². The molecule has 2 aromatic rings. The second-order valence-corrected chi connectivity index (χ2v) is 7.85. The minimum Gasteiger partial charge on any atom is -0.467 e. The van der Waals surface area contributed by atoms with Crippen LogP contribution in [0.25, 0.3) is 0 Å². The molecule has 0 fully saturated rings. The third-order valence-corrected chi connectivity index (χ3v) is 4.12. The van der Waals surface area contributed by atoms with Gasteiger partial charge in [0.15, 0.2) is 0 Å². The van der Waals surface area contributed by atoms with Crippen LogP contribution in [0.15, 0.2) is 40.0 Å². The van der Waals surface area contributed by atoms with Crippen LogP contribution in [0.4, 0.5) is 0 Å².